The van der Waals surface area contributed by atoms with E-state index in [2.05, 4.69) is 5.32 Å². The smallest absolute Gasteiger partial charge is 0.350 e. The van der Waals surface area contributed by atoms with Gasteiger partial charge in [-0.3, -0.25) is 0 Å². The number of rotatable bonds is 4. The molecule has 2 aliphatic rings. The summed E-state index contributed by atoms with van der Waals surface area (Å²) in [5, 5.41) is 2.77. The molecule has 1 N–H and O–H groups in total. The monoisotopic (exact) mass is 410 g/mol. The highest BCUT2D eigenvalue weighted by Gasteiger charge is 2.39. The van der Waals surface area contributed by atoms with Crippen molar-refractivity contribution in [2.75, 3.05) is 31.6 Å². The zero-order valence-corrected chi connectivity index (χ0v) is 16.7. The summed E-state index contributed by atoms with van der Waals surface area (Å²) in [6.45, 7) is 5.89. The average Bonchev–Trinajstić information content (AvgIpc) is 2.62. The van der Waals surface area contributed by atoms with Crippen molar-refractivity contribution < 1.29 is 32.2 Å². The van der Waals surface area contributed by atoms with Gasteiger partial charge in [0.05, 0.1) is 18.1 Å². The van der Waals surface area contributed by atoms with Crippen LogP contribution in [0.4, 0.5) is 5.69 Å². The van der Waals surface area contributed by atoms with Gasteiger partial charge in [-0.1, -0.05) is 6.07 Å². The van der Waals surface area contributed by atoms with E-state index in [-0.39, 0.29) is 23.6 Å². The minimum absolute atomic E-state index is 0.146. The lowest BCUT2D eigenvalue weighted by molar-refractivity contribution is -0.222. The Hall–Kier alpha value is -2.43. The van der Waals surface area contributed by atoms with E-state index in [0.29, 0.717) is 24.5 Å². The second kappa shape index (κ2) is 7.53. The van der Waals surface area contributed by atoms with Crippen LogP contribution in [-0.4, -0.2) is 56.8 Å². The predicted octanol–water partition coefficient (Wildman–Crippen LogP) is 1.15. The number of nitrogens with zero attached hydrogens (tertiary/aromatic N) is 1. The van der Waals surface area contributed by atoms with Crippen LogP contribution >= 0.6 is 0 Å². The van der Waals surface area contributed by atoms with Gasteiger partial charge >= 0.3 is 11.9 Å². The minimum Gasteiger partial charge on any atom is -0.419 e. The van der Waals surface area contributed by atoms with Crippen molar-refractivity contribution in [2.24, 2.45) is 0 Å². The molecule has 3 rings (SSSR count). The van der Waals surface area contributed by atoms with Crippen molar-refractivity contribution in [3.05, 3.63) is 35.5 Å². The number of anilines is 1. The molecule has 0 atom stereocenters. The summed E-state index contributed by atoms with van der Waals surface area (Å²) in [4.78, 5) is 24.1. The Bertz CT molecular complexity index is 909. The summed E-state index contributed by atoms with van der Waals surface area (Å²) in [6.07, 6.45) is 1.15. The number of nitrogens with one attached hydrogen (secondary N) is 1. The maximum Gasteiger partial charge on any atom is 0.350 e. The molecule has 0 amide bonds. The Morgan fingerprint density at radius 2 is 1.71 bits per heavy atom. The second-order valence-electron chi connectivity index (χ2n) is 6.88. The van der Waals surface area contributed by atoms with Crippen LogP contribution in [0.3, 0.4) is 0 Å². The molecule has 2 aliphatic heterocycles. The van der Waals surface area contributed by atoms with Crippen molar-refractivity contribution in [2.45, 2.75) is 31.5 Å². The zero-order chi connectivity index (χ0) is 20.5. The van der Waals surface area contributed by atoms with Gasteiger partial charge in [-0.05, 0) is 24.6 Å². The van der Waals surface area contributed by atoms with E-state index in [0.717, 1.165) is 6.20 Å². The number of carbonyl (C=O) groups is 2. The van der Waals surface area contributed by atoms with Gasteiger partial charge in [-0.25, -0.2) is 18.0 Å². The van der Waals surface area contributed by atoms with E-state index < -0.39 is 27.7 Å². The number of morpholine rings is 1. The molecule has 1 aromatic carbocycles. The average molecular weight is 410 g/mol. The number of cyclic esters (lactones) is 2. The lowest BCUT2D eigenvalue weighted by Crippen LogP contribution is -2.42. The first-order valence-electron chi connectivity index (χ1n) is 8.72. The number of hydrogen-bond acceptors (Lipinski definition) is 8. The first-order valence-corrected chi connectivity index (χ1v) is 10.2. The van der Waals surface area contributed by atoms with Crippen LogP contribution in [-0.2, 0) is 33.8 Å². The number of aryl methyl sites for hydroxylation is 1. The normalized spacial score (nSPS) is 20.3. The highest BCUT2D eigenvalue weighted by Crippen LogP contribution is 2.26. The van der Waals surface area contributed by atoms with Crippen LogP contribution in [0.1, 0.15) is 19.4 Å². The van der Waals surface area contributed by atoms with Gasteiger partial charge in [-0.15, -0.1) is 0 Å². The van der Waals surface area contributed by atoms with Crippen LogP contribution in [0.25, 0.3) is 0 Å². The Balaban J connectivity index is 1.84. The molecule has 0 aromatic heterocycles. The Kier molecular flexibility index (Phi) is 5.46. The largest absolute Gasteiger partial charge is 0.419 e. The lowest BCUT2D eigenvalue weighted by atomic mass is 10.2. The van der Waals surface area contributed by atoms with E-state index in [4.69, 9.17) is 14.2 Å². The molecule has 0 aliphatic carbocycles. The molecule has 1 aromatic rings. The first-order chi connectivity index (χ1) is 13.1. The van der Waals surface area contributed by atoms with Crippen LogP contribution in [0.15, 0.2) is 34.9 Å². The number of hydrogen-bond donors (Lipinski definition) is 1. The van der Waals surface area contributed by atoms with Crippen molar-refractivity contribution in [3.8, 4) is 0 Å². The highest BCUT2D eigenvalue weighted by atomic mass is 32.2. The van der Waals surface area contributed by atoms with Gasteiger partial charge in [-0.2, -0.15) is 4.31 Å². The molecule has 9 nitrogen and oxygen atoms in total. The summed E-state index contributed by atoms with van der Waals surface area (Å²) in [6, 6.07) is 4.75. The quantitative estimate of drug-likeness (QED) is 0.447. The SMILES string of the molecule is Cc1ccc(NC=C2C(=O)OC(C)(C)OC2=O)cc1S(=O)(=O)N1CCOCC1. The van der Waals surface area contributed by atoms with Crippen molar-refractivity contribution >= 4 is 27.6 Å². The van der Waals surface area contributed by atoms with E-state index in [1.807, 2.05) is 0 Å². The zero-order valence-electron chi connectivity index (χ0n) is 15.9. The van der Waals surface area contributed by atoms with Crippen molar-refractivity contribution in [1.29, 1.82) is 0 Å². The lowest BCUT2D eigenvalue weighted by Gasteiger charge is -2.29. The fourth-order valence-corrected chi connectivity index (χ4v) is 4.49. The molecule has 28 heavy (non-hydrogen) atoms. The third kappa shape index (κ3) is 4.18. The molecule has 0 unspecified atom stereocenters. The number of sulfonamides is 1. The van der Waals surface area contributed by atoms with Gasteiger partial charge in [0.25, 0.3) is 5.79 Å². The van der Waals surface area contributed by atoms with Crippen molar-refractivity contribution in [1.82, 2.24) is 4.31 Å². The van der Waals surface area contributed by atoms with Gasteiger partial charge in [0.1, 0.15) is 0 Å². The maximum absolute atomic E-state index is 12.9. The fraction of sp³-hybridized carbons (Fsp3) is 0.444. The third-order valence-corrected chi connectivity index (χ3v) is 6.32. The van der Waals surface area contributed by atoms with E-state index in [1.54, 1.807) is 19.1 Å². The number of ether oxygens (including phenoxy) is 3. The van der Waals surface area contributed by atoms with Crippen LogP contribution in [0.5, 0.6) is 0 Å². The fourth-order valence-electron chi connectivity index (χ4n) is 2.83. The standard InChI is InChI=1S/C18H22N2O7S/c1-12-4-5-13(10-15(12)28(23,24)20-6-8-25-9-7-20)19-11-14-16(21)26-18(2,3)27-17(14)22/h4-5,10-11,19H,6-9H2,1-3H3. The maximum atomic E-state index is 12.9. The summed E-state index contributed by atoms with van der Waals surface area (Å²) < 4.78 is 42.5. The number of benzene rings is 1. The van der Waals surface area contributed by atoms with E-state index >= 15 is 0 Å². The summed E-state index contributed by atoms with van der Waals surface area (Å²) in [5.41, 5.74) is 0.677. The van der Waals surface area contributed by atoms with Crippen LogP contribution < -0.4 is 5.32 Å². The molecule has 0 spiro atoms. The Morgan fingerprint density at radius 3 is 2.32 bits per heavy atom. The topological polar surface area (TPSA) is 111 Å². The van der Waals surface area contributed by atoms with E-state index in [9.17, 15) is 18.0 Å². The second-order valence-corrected chi connectivity index (χ2v) is 8.78. The minimum atomic E-state index is -3.69. The summed E-state index contributed by atoms with van der Waals surface area (Å²) >= 11 is 0. The third-order valence-electron chi connectivity index (χ3n) is 4.28. The first kappa shape index (κ1) is 20.3. The molecule has 2 heterocycles. The molecule has 0 radical (unpaired) electrons. The van der Waals surface area contributed by atoms with Crippen LogP contribution in [0.2, 0.25) is 0 Å². The van der Waals surface area contributed by atoms with Crippen LogP contribution in [0, 0.1) is 6.92 Å². The highest BCUT2D eigenvalue weighted by molar-refractivity contribution is 7.89. The molecule has 152 valence electrons. The summed E-state index contributed by atoms with van der Waals surface area (Å²) in [7, 11) is -3.69. The predicted molar refractivity (Wildman–Crippen MR) is 98.7 cm³/mol. The van der Waals surface area contributed by atoms with Gasteiger partial charge in [0, 0.05) is 38.8 Å². The van der Waals surface area contributed by atoms with Gasteiger partial charge < -0.3 is 19.5 Å². The van der Waals surface area contributed by atoms with E-state index in [1.165, 1.54) is 24.2 Å². The molecule has 2 fully saturated rings. The molecule has 10 heteroatoms. The van der Waals surface area contributed by atoms with Gasteiger partial charge in [0.15, 0.2) is 5.57 Å². The Morgan fingerprint density at radius 1 is 1.11 bits per heavy atom. The molecular formula is C18H22N2O7S. The number of carbonyl (C=O) groups excluding carboxylic acids is 2. The molecule has 0 bridgehead atoms. The molecule has 2 saturated heterocycles. The molecular weight excluding hydrogens is 388 g/mol. The summed E-state index contributed by atoms with van der Waals surface area (Å²) in [5.74, 6) is -2.96. The number of esters is 2. The van der Waals surface area contributed by atoms with Crippen molar-refractivity contribution in [3.63, 3.8) is 0 Å². The molecule has 0 saturated carbocycles. The Labute approximate surface area is 163 Å². The van der Waals surface area contributed by atoms with Gasteiger partial charge in [0.2, 0.25) is 10.0 Å².